The number of Topliss-reactive ketones (excluding diaryl/α,β-unsaturated/α-hetero) is 1. The van der Waals surface area contributed by atoms with Crippen molar-refractivity contribution in [3.63, 3.8) is 0 Å². The van der Waals surface area contributed by atoms with E-state index in [9.17, 15) is 4.79 Å². The Bertz CT molecular complexity index is 167. The highest BCUT2D eigenvalue weighted by Crippen LogP contribution is 2.05. The fourth-order valence-electron chi connectivity index (χ4n) is 1.37. The molecule has 1 saturated heterocycles. The second-order valence-electron chi connectivity index (χ2n) is 3.36. The summed E-state index contributed by atoms with van der Waals surface area (Å²) in [4.78, 5) is 11.5. The zero-order chi connectivity index (χ0) is 9.68. The lowest BCUT2D eigenvalue weighted by atomic mass is 10.1. The summed E-state index contributed by atoms with van der Waals surface area (Å²) in [7, 11) is 0. The standard InChI is InChI=1S/C9H18N2O2/c1-2-3-4-7(10)8(12)9-11-5-6-13-9/h7,9,11H,2-6,10H2,1H3. The number of nitrogens with two attached hydrogens (primary N) is 1. The average Bonchev–Trinajstić information content (AvgIpc) is 2.65. The Morgan fingerprint density at radius 1 is 1.77 bits per heavy atom. The molecule has 2 unspecified atom stereocenters. The number of carbonyl (C=O) groups is 1. The molecule has 1 aliphatic heterocycles. The maximum absolute atomic E-state index is 11.5. The zero-order valence-corrected chi connectivity index (χ0v) is 8.08. The summed E-state index contributed by atoms with van der Waals surface area (Å²) >= 11 is 0. The Balaban J connectivity index is 2.28. The van der Waals surface area contributed by atoms with Crippen LogP contribution >= 0.6 is 0 Å². The molecular weight excluding hydrogens is 168 g/mol. The van der Waals surface area contributed by atoms with Crippen LogP contribution in [0.5, 0.6) is 0 Å². The first-order valence-corrected chi connectivity index (χ1v) is 4.90. The van der Waals surface area contributed by atoms with Crippen LogP contribution < -0.4 is 11.1 Å². The molecule has 13 heavy (non-hydrogen) atoms. The van der Waals surface area contributed by atoms with Gasteiger partial charge in [-0.05, 0) is 6.42 Å². The van der Waals surface area contributed by atoms with E-state index in [-0.39, 0.29) is 11.8 Å². The summed E-state index contributed by atoms with van der Waals surface area (Å²) in [5.74, 6) is -0.00838. The lowest BCUT2D eigenvalue weighted by molar-refractivity contribution is -0.130. The van der Waals surface area contributed by atoms with Gasteiger partial charge in [-0.25, -0.2) is 0 Å². The summed E-state index contributed by atoms with van der Waals surface area (Å²) in [5.41, 5.74) is 5.71. The summed E-state index contributed by atoms with van der Waals surface area (Å²) in [6.45, 7) is 3.44. The molecule has 0 aromatic rings. The van der Waals surface area contributed by atoms with E-state index in [0.29, 0.717) is 6.61 Å². The maximum Gasteiger partial charge on any atom is 0.192 e. The van der Waals surface area contributed by atoms with Crippen LogP contribution in [0.15, 0.2) is 0 Å². The van der Waals surface area contributed by atoms with Gasteiger partial charge in [0.15, 0.2) is 12.0 Å². The van der Waals surface area contributed by atoms with Crippen LogP contribution in [0.25, 0.3) is 0 Å². The predicted molar refractivity (Wildman–Crippen MR) is 50.3 cm³/mol. The molecule has 4 nitrogen and oxygen atoms in total. The van der Waals surface area contributed by atoms with Crippen LogP contribution in [0.1, 0.15) is 26.2 Å². The van der Waals surface area contributed by atoms with Gasteiger partial charge >= 0.3 is 0 Å². The lowest BCUT2D eigenvalue weighted by Gasteiger charge is -2.14. The number of rotatable bonds is 5. The van der Waals surface area contributed by atoms with Gasteiger partial charge in [0.25, 0.3) is 0 Å². The minimum atomic E-state index is -0.452. The largest absolute Gasteiger partial charge is 0.355 e. The molecule has 1 rings (SSSR count). The lowest BCUT2D eigenvalue weighted by Crippen LogP contribution is -2.43. The van der Waals surface area contributed by atoms with Crippen molar-refractivity contribution in [1.29, 1.82) is 0 Å². The van der Waals surface area contributed by atoms with Crippen molar-refractivity contribution in [1.82, 2.24) is 5.32 Å². The third kappa shape index (κ3) is 3.06. The minimum Gasteiger partial charge on any atom is -0.355 e. The molecule has 0 spiro atoms. The van der Waals surface area contributed by atoms with Gasteiger partial charge < -0.3 is 10.5 Å². The van der Waals surface area contributed by atoms with Crippen molar-refractivity contribution in [3.05, 3.63) is 0 Å². The van der Waals surface area contributed by atoms with Gasteiger partial charge in [0, 0.05) is 6.54 Å². The minimum absolute atomic E-state index is 0.00838. The van der Waals surface area contributed by atoms with Crippen molar-refractivity contribution in [2.75, 3.05) is 13.2 Å². The SMILES string of the molecule is CCCCC(N)C(=O)C1NCCO1. The van der Waals surface area contributed by atoms with Gasteiger partial charge in [-0.3, -0.25) is 10.1 Å². The molecule has 0 amide bonds. The normalized spacial score (nSPS) is 24.6. The van der Waals surface area contributed by atoms with Gasteiger partial charge in [-0.1, -0.05) is 19.8 Å². The first kappa shape index (κ1) is 10.6. The third-order valence-electron chi connectivity index (χ3n) is 2.21. The van der Waals surface area contributed by atoms with Crippen molar-refractivity contribution in [2.24, 2.45) is 5.73 Å². The molecule has 0 radical (unpaired) electrons. The number of carbonyl (C=O) groups excluding carboxylic acids is 1. The second kappa shape index (κ2) is 5.32. The molecule has 0 aliphatic carbocycles. The summed E-state index contributed by atoms with van der Waals surface area (Å²) in [5, 5.41) is 2.96. The quantitative estimate of drug-likeness (QED) is 0.635. The molecule has 4 heteroatoms. The molecule has 0 aromatic heterocycles. The highest BCUT2D eigenvalue weighted by Gasteiger charge is 2.26. The van der Waals surface area contributed by atoms with E-state index >= 15 is 0 Å². The van der Waals surface area contributed by atoms with Crippen molar-refractivity contribution < 1.29 is 9.53 Å². The molecule has 1 fully saturated rings. The van der Waals surface area contributed by atoms with E-state index in [2.05, 4.69) is 12.2 Å². The number of unbranched alkanes of at least 4 members (excludes halogenated alkanes) is 1. The van der Waals surface area contributed by atoms with Crippen LogP contribution in [-0.2, 0) is 9.53 Å². The number of ketones is 1. The van der Waals surface area contributed by atoms with E-state index in [1.54, 1.807) is 0 Å². The Labute approximate surface area is 78.8 Å². The van der Waals surface area contributed by atoms with Gasteiger partial charge in [0.05, 0.1) is 12.6 Å². The van der Waals surface area contributed by atoms with Crippen LogP contribution in [0.2, 0.25) is 0 Å². The Morgan fingerprint density at radius 3 is 3.08 bits per heavy atom. The van der Waals surface area contributed by atoms with Crippen LogP contribution in [0, 0.1) is 0 Å². The topological polar surface area (TPSA) is 64.4 Å². The van der Waals surface area contributed by atoms with Crippen LogP contribution in [0.3, 0.4) is 0 Å². The van der Waals surface area contributed by atoms with Crippen LogP contribution in [-0.4, -0.2) is 31.2 Å². The molecule has 76 valence electrons. The van der Waals surface area contributed by atoms with E-state index in [1.165, 1.54) is 0 Å². The second-order valence-corrected chi connectivity index (χ2v) is 3.36. The van der Waals surface area contributed by atoms with Gasteiger partial charge in [0.1, 0.15) is 0 Å². The van der Waals surface area contributed by atoms with Crippen LogP contribution in [0.4, 0.5) is 0 Å². The number of hydrogen-bond donors (Lipinski definition) is 2. The fourth-order valence-corrected chi connectivity index (χ4v) is 1.37. The van der Waals surface area contributed by atoms with Crippen molar-refractivity contribution in [3.8, 4) is 0 Å². The van der Waals surface area contributed by atoms with Crippen molar-refractivity contribution in [2.45, 2.75) is 38.5 Å². The van der Waals surface area contributed by atoms with E-state index < -0.39 is 6.23 Å². The monoisotopic (exact) mass is 186 g/mol. The first-order valence-electron chi connectivity index (χ1n) is 4.90. The molecule has 0 aromatic carbocycles. The maximum atomic E-state index is 11.5. The van der Waals surface area contributed by atoms with Gasteiger partial charge in [-0.2, -0.15) is 0 Å². The highest BCUT2D eigenvalue weighted by atomic mass is 16.5. The summed E-state index contributed by atoms with van der Waals surface area (Å²) < 4.78 is 5.18. The number of nitrogens with one attached hydrogen (secondary N) is 1. The van der Waals surface area contributed by atoms with E-state index in [0.717, 1.165) is 25.8 Å². The molecule has 2 atom stereocenters. The fraction of sp³-hybridized carbons (Fsp3) is 0.889. The first-order chi connectivity index (χ1) is 6.25. The summed E-state index contributed by atoms with van der Waals surface area (Å²) in [6, 6.07) is -0.365. The zero-order valence-electron chi connectivity index (χ0n) is 8.08. The molecule has 0 saturated carbocycles. The molecule has 1 heterocycles. The van der Waals surface area contributed by atoms with E-state index in [1.807, 2.05) is 0 Å². The Kier molecular flexibility index (Phi) is 4.35. The third-order valence-corrected chi connectivity index (χ3v) is 2.21. The van der Waals surface area contributed by atoms with Crippen molar-refractivity contribution >= 4 is 5.78 Å². The highest BCUT2D eigenvalue weighted by molar-refractivity contribution is 5.87. The predicted octanol–water partition coefficient (Wildman–Crippen LogP) is 0.0189. The summed E-state index contributed by atoms with van der Waals surface area (Å²) in [6.07, 6.45) is 2.38. The number of hydrogen-bond acceptors (Lipinski definition) is 4. The number of ether oxygens (including phenoxy) is 1. The van der Waals surface area contributed by atoms with E-state index in [4.69, 9.17) is 10.5 Å². The molecule has 0 bridgehead atoms. The molecule has 3 N–H and O–H groups in total. The van der Waals surface area contributed by atoms with Gasteiger partial charge in [0.2, 0.25) is 0 Å². The Morgan fingerprint density at radius 2 is 2.54 bits per heavy atom. The Hall–Kier alpha value is -0.450. The molecule has 1 aliphatic rings. The average molecular weight is 186 g/mol. The molecular formula is C9H18N2O2. The smallest absolute Gasteiger partial charge is 0.192 e. The van der Waals surface area contributed by atoms with Gasteiger partial charge in [-0.15, -0.1) is 0 Å².